The summed E-state index contributed by atoms with van der Waals surface area (Å²) in [5.41, 5.74) is 4.48. The lowest BCUT2D eigenvalue weighted by molar-refractivity contribution is 1.01. The van der Waals surface area contributed by atoms with Crippen molar-refractivity contribution in [2.75, 3.05) is 5.32 Å². The van der Waals surface area contributed by atoms with E-state index < -0.39 is 0 Å². The predicted octanol–water partition coefficient (Wildman–Crippen LogP) is 6.01. The lowest BCUT2D eigenvalue weighted by Gasteiger charge is -2.04. The van der Waals surface area contributed by atoms with Crippen LogP contribution in [0.3, 0.4) is 0 Å². The van der Waals surface area contributed by atoms with E-state index in [4.69, 9.17) is 4.98 Å². The number of hydrogen-bond donors (Lipinski definition) is 1. The number of anilines is 2. The third kappa shape index (κ3) is 4.12. The summed E-state index contributed by atoms with van der Waals surface area (Å²) in [5, 5.41) is 15.8. The van der Waals surface area contributed by atoms with E-state index >= 15 is 0 Å². The number of nitrogens with one attached hydrogen (secondary N) is 1. The fourth-order valence-electron chi connectivity index (χ4n) is 2.37. The second kappa shape index (κ2) is 7.99. The molecule has 0 spiro atoms. The van der Waals surface area contributed by atoms with Crippen LogP contribution in [-0.4, -0.2) is 15.2 Å². The molecule has 130 valence electrons. The maximum absolute atomic E-state index is 4.72. The lowest BCUT2D eigenvalue weighted by atomic mass is 10.2. The van der Waals surface area contributed by atoms with Gasteiger partial charge in [0.1, 0.15) is 5.01 Å². The first kappa shape index (κ1) is 17.2. The molecule has 0 atom stereocenters. The summed E-state index contributed by atoms with van der Waals surface area (Å²) in [7, 11) is 0. The van der Waals surface area contributed by atoms with Crippen molar-refractivity contribution >= 4 is 45.3 Å². The second-order valence-corrected chi connectivity index (χ2v) is 8.67. The molecule has 7 heteroatoms. The second-order valence-electron chi connectivity index (χ2n) is 5.61. The van der Waals surface area contributed by atoms with E-state index in [1.807, 2.05) is 36.4 Å². The Balaban J connectivity index is 1.38. The molecule has 4 aromatic rings. The largest absolute Gasteiger partial charge is 0.330 e. The van der Waals surface area contributed by atoms with E-state index in [9.17, 15) is 0 Å². The van der Waals surface area contributed by atoms with E-state index in [0.717, 1.165) is 37.2 Å². The first-order valence-electron chi connectivity index (χ1n) is 8.07. The zero-order valence-corrected chi connectivity index (χ0v) is 16.5. The van der Waals surface area contributed by atoms with Crippen LogP contribution in [0.5, 0.6) is 0 Å². The van der Waals surface area contributed by atoms with Gasteiger partial charge in [0.25, 0.3) is 0 Å². The van der Waals surface area contributed by atoms with Gasteiger partial charge < -0.3 is 5.32 Å². The predicted molar refractivity (Wildman–Crippen MR) is 111 cm³/mol. The minimum absolute atomic E-state index is 0.794. The van der Waals surface area contributed by atoms with Crippen molar-refractivity contribution in [1.82, 2.24) is 15.2 Å². The molecule has 0 bridgehead atoms. The van der Waals surface area contributed by atoms with Gasteiger partial charge in [0.15, 0.2) is 4.34 Å². The van der Waals surface area contributed by atoms with E-state index in [-0.39, 0.29) is 0 Å². The van der Waals surface area contributed by atoms with Crippen molar-refractivity contribution in [3.63, 3.8) is 0 Å². The molecule has 0 unspecified atom stereocenters. The number of rotatable bonds is 6. The van der Waals surface area contributed by atoms with Crippen LogP contribution < -0.4 is 5.32 Å². The van der Waals surface area contributed by atoms with Crippen LogP contribution in [0.4, 0.5) is 10.8 Å². The van der Waals surface area contributed by atoms with E-state index in [1.54, 1.807) is 34.4 Å². The molecule has 0 radical (unpaired) electrons. The monoisotopic (exact) mass is 396 g/mol. The van der Waals surface area contributed by atoms with Gasteiger partial charge in [-0.2, -0.15) is 0 Å². The fourth-order valence-corrected chi connectivity index (χ4v) is 4.96. The number of para-hydroxylation sites is 1. The Bertz CT molecular complexity index is 995. The maximum atomic E-state index is 4.72. The highest BCUT2D eigenvalue weighted by molar-refractivity contribution is 8.00. The normalized spacial score (nSPS) is 10.8. The van der Waals surface area contributed by atoms with Crippen LogP contribution in [0.2, 0.25) is 0 Å². The molecule has 0 aliphatic rings. The SMILES string of the molecule is Cc1ccccc1Nc1nnc(SCc2csc(-c3ccccc3)n2)s1. The highest BCUT2D eigenvalue weighted by atomic mass is 32.2. The van der Waals surface area contributed by atoms with Gasteiger partial charge >= 0.3 is 0 Å². The smallest absolute Gasteiger partial charge is 0.210 e. The number of benzene rings is 2. The van der Waals surface area contributed by atoms with E-state index in [2.05, 4.69) is 46.0 Å². The topological polar surface area (TPSA) is 50.7 Å². The summed E-state index contributed by atoms with van der Waals surface area (Å²) in [6, 6.07) is 18.4. The van der Waals surface area contributed by atoms with Gasteiger partial charge in [0, 0.05) is 22.4 Å². The lowest BCUT2D eigenvalue weighted by Crippen LogP contribution is -1.91. The summed E-state index contributed by atoms with van der Waals surface area (Å²) in [6.07, 6.45) is 0. The van der Waals surface area contributed by atoms with E-state index in [0.29, 0.717) is 0 Å². The van der Waals surface area contributed by atoms with Crippen LogP contribution in [0, 0.1) is 6.92 Å². The summed E-state index contributed by atoms with van der Waals surface area (Å²) in [6.45, 7) is 2.07. The average Bonchev–Trinajstić information content (AvgIpc) is 3.32. The van der Waals surface area contributed by atoms with Gasteiger partial charge in [0.05, 0.1) is 5.69 Å². The molecule has 0 aliphatic heterocycles. The minimum Gasteiger partial charge on any atom is -0.330 e. The van der Waals surface area contributed by atoms with Gasteiger partial charge in [-0.3, -0.25) is 0 Å². The molecule has 0 saturated heterocycles. The van der Waals surface area contributed by atoms with Crippen LogP contribution in [0.15, 0.2) is 64.3 Å². The number of nitrogens with zero attached hydrogens (tertiary/aromatic N) is 3. The fraction of sp³-hybridized carbons (Fsp3) is 0.105. The number of aromatic nitrogens is 3. The van der Waals surface area contributed by atoms with Crippen molar-refractivity contribution in [3.8, 4) is 10.6 Å². The molecule has 1 N–H and O–H groups in total. The molecule has 4 rings (SSSR count). The summed E-state index contributed by atoms with van der Waals surface area (Å²) in [5.74, 6) is 0.794. The van der Waals surface area contributed by atoms with Crippen molar-refractivity contribution in [2.24, 2.45) is 0 Å². The zero-order chi connectivity index (χ0) is 17.8. The maximum Gasteiger partial charge on any atom is 0.210 e. The van der Waals surface area contributed by atoms with Gasteiger partial charge in [0.2, 0.25) is 5.13 Å². The average molecular weight is 397 g/mol. The van der Waals surface area contributed by atoms with Crippen molar-refractivity contribution < 1.29 is 0 Å². The molecule has 0 amide bonds. The Labute approximate surface area is 164 Å². The molecule has 0 saturated carbocycles. The van der Waals surface area contributed by atoms with Gasteiger partial charge in [-0.25, -0.2) is 4.98 Å². The summed E-state index contributed by atoms with van der Waals surface area (Å²) < 4.78 is 0.940. The summed E-state index contributed by atoms with van der Waals surface area (Å²) >= 11 is 4.91. The highest BCUT2D eigenvalue weighted by Crippen LogP contribution is 2.32. The van der Waals surface area contributed by atoms with Crippen molar-refractivity contribution in [2.45, 2.75) is 17.0 Å². The molecule has 2 aromatic carbocycles. The highest BCUT2D eigenvalue weighted by Gasteiger charge is 2.09. The quantitative estimate of drug-likeness (QED) is 0.405. The molecular formula is C19H16N4S3. The molecule has 26 heavy (non-hydrogen) atoms. The van der Waals surface area contributed by atoms with Gasteiger partial charge in [-0.05, 0) is 18.6 Å². The molecule has 4 nitrogen and oxygen atoms in total. The Kier molecular flexibility index (Phi) is 5.29. The molecule has 2 aromatic heterocycles. The van der Waals surface area contributed by atoms with Crippen LogP contribution in [0.1, 0.15) is 11.3 Å². The Morgan fingerprint density at radius 3 is 2.65 bits per heavy atom. The van der Waals surface area contributed by atoms with Crippen LogP contribution in [0.25, 0.3) is 10.6 Å². The number of aryl methyl sites for hydroxylation is 1. The van der Waals surface area contributed by atoms with Crippen LogP contribution in [-0.2, 0) is 5.75 Å². The third-order valence-electron chi connectivity index (χ3n) is 3.71. The minimum atomic E-state index is 0.794. The number of thiazole rings is 1. The molecule has 0 fully saturated rings. The Hall–Kier alpha value is -2.22. The zero-order valence-electron chi connectivity index (χ0n) is 14.0. The van der Waals surface area contributed by atoms with Gasteiger partial charge in [-0.15, -0.1) is 21.5 Å². The van der Waals surface area contributed by atoms with E-state index in [1.165, 1.54) is 5.56 Å². The third-order valence-corrected chi connectivity index (χ3v) is 6.65. The van der Waals surface area contributed by atoms with Crippen LogP contribution >= 0.6 is 34.4 Å². The Morgan fingerprint density at radius 1 is 1.00 bits per heavy atom. The summed E-state index contributed by atoms with van der Waals surface area (Å²) in [4.78, 5) is 4.72. The van der Waals surface area contributed by atoms with Gasteiger partial charge in [-0.1, -0.05) is 71.6 Å². The first-order valence-corrected chi connectivity index (χ1v) is 10.7. The Morgan fingerprint density at radius 2 is 1.81 bits per heavy atom. The van der Waals surface area contributed by atoms with Crippen molar-refractivity contribution in [1.29, 1.82) is 0 Å². The first-order chi connectivity index (χ1) is 12.8. The molecule has 2 heterocycles. The number of thioether (sulfide) groups is 1. The molecular weight excluding hydrogens is 380 g/mol. The molecule has 0 aliphatic carbocycles. The van der Waals surface area contributed by atoms with Crippen molar-refractivity contribution in [3.05, 3.63) is 71.2 Å². The number of hydrogen-bond acceptors (Lipinski definition) is 7. The standard InChI is InChI=1S/C19H16N4S3/c1-13-7-5-6-10-16(13)21-18-22-23-19(26-18)25-12-15-11-24-17(20-15)14-8-3-2-4-9-14/h2-11H,12H2,1H3,(H,21,22).